The minimum absolute atomic E-state index is 0.559. The quantitative estimate of drug-likeness (QED) is 0.836. The van der Waals surface area contributed by atoms with Gasteiger partial charge in [-0.25, -0.2) is 0 Å². The highest BCUT2D eigenvalue weighted by Gasteiger charge is 2.16. The van der Waals surface area contributed by atoms with E-state index in [4.69, 9.17) is 4.74 Å². The lowest BCUT2D eigenvalue weighted by Crippen LogP contribution is -2.21. The highest BCUT2D eigenvalue weighted by atomic mass is 79.9. The summed E-state index contributed by atoms with van der Waals surface area (Å²) in [5.74, 6) is 1.37. The van der Waals surface area contributed by atoms with Crippen LogP contribution in [-0.2, 0) is 6.54 Å². The van der Waals surface area contributed by atoms with Crippen molar-refractivity contribution in [2.24, 2.45) is 0 Å². The summed E-state index contributed by atoms with van der Waals surface area (Å²) in [5.41, 5.74) is 3.20. The third kappa shape index (κ3) is 3.20. The van der Waals surface area contributed by atoms with Gasteiger partial charge in [-0.2, -0.15) is 10.4 Å². The zero-order chi connectivity index (χ0) is 16.3. The van der Waals surface area contributed by atoms with Crippen LogP contribution in [0.2, 0.25) is 0 Å². The molecule has 0 aliphatic carbocycles. The third-order valence-corrected chi connectivity index (χ3v) is 4.05. The van der Waals surface area contributed by atoms with Crippen molar-refractivity contribution in [3.05, 3.63) is 45.1 Å². The van der Waals surface area contributed by atoms with Gasteiger partial charge in [0, 0.05) is 23.6 Å². The second-order valence-electron chi connectivity index (χ2n) is 5.03. The fourth-order valence-corrected chi connectivity index (χ4v) is 2.61. The summed E-state index contributed by atoms with van der Waals surface area (Å²) in [6.45, 7) is 4.30. The van der Waals surface area contributed by atoms with E-state index in [1.807, 2.05) is 44.0 Å². The SMILES string of the molecule is COc1ccc(Br)cc1CN(C)c1nnc(C)c(C)c1C#N. The summed E-state index contributed by atoms with van der Waals surface area (Å²) in [7, 11) is 3.53. The first-order chi connectivity index (χ1) is 10.5. The number of rotatable bonds is 4. The van der Waals surface area contributed by atoms with Gasteiger partial charge in [-0.05, 0) is 37.6 Å². The molecule has 0 saturated carbocycles. The lowest BCUT2D eigenvalue weighted by Gasteiger charge is -2.21. The van der Waals surface area contributed by atoms with Crippen molar-refractivity contribution >= 4 is 21.7 Å². The summed E-state index contributed by atoms with van der Waals surface area (Å²) in [4.78, 5) is 1.91. The molecule has 0 atom stereocenters. The van der Waals surface area contributed by atoms with Crippen LogP contribution in [0.3, 0.4) is 0 Å². The van der Waals surface area contributed by atoms with Crippen LogP contribution < -0.4 is 9.64 Å². The second-order valence-corrected chi connectivity index (χ2v) is 5.95. The fraction of sp³-hybridized carbons (Fsp3) is 0.312. The van der Waals surface area contributed by atoms with E-state index in [9.17, 15) is 5.26 Å². The van der Waals surface area contributed by atoms with Crippen LogP contribution in [0.5, 0.6) is 5.75 Å². The van der Waals surface area contributed by atoms with Gasteiger partial charge in [-0.3, -0.25) is 0 Å². The summed E-state index contributed by atoms with van der Waals surface area (Å²) in [6, 6.07) is 8.06. The van der Waals surface area contributed by atoms with Gasteiger partial charge in [0.1, 0.15) is 17.4 Å². The molecular weight excluding hydrogens is 344 g/mol. The lowest BCUT2D eigenvalue weighted by atomic mass is 10.1. The third-order valence-electron chi connectivity index (χ3n) is 3.56. The maximum atomic E-state index is 9.41. The molecule has 0 spiro atoms. The standard InChI is InChI=1S/C16H17BrN4O/c1-10-11(2)19-20-16(14(10)8-18)21(3)9-12-7-13(17)5-6-15(12)22-4/h5-7H,9H2,1-4H3. The van der Waals surface area contributed by atoms with E-state index in [0.29, 0.717) is 17.9 Å². The Labute approximate surface area is 138 Å². The van der Waals surface area contributed by atoms with E-state index in [1.165, 1.54) is 0 Å². The molecule has 0 saturated heterocycles. The van der Waals surface area contributed by atoms with Gasteiger partial charge in [0.05, 0.1) is 12.8 Å². The Balaban J connectivity index is 2.38. The van der Waals surface area contributed by atoms with E-state index < -0.39 is 0 Å². The molecule has 2 aromatic rings. The van der Waals surface area contributed by atoms with Gasteiger partial charge in [0.2, 0.25) is 0 Å². The van der Waals surface area contributed by atoms with Gasteiger partial charge in [0.15, 0.2) is 5.82 Å². The molecule has 0 aliphatic heterocycles. The molecule has 0 aliphatic rings. The van der Waals surface area contributed by atoms with Crippen molar-refractivity contribution in [3.63, 3.8) is 0 Å². The molecule has 5 nitrogen and oxygen atoms in total. The van der Waals surface area contributed by atoms with Crippen LogP contribution in [0.1, 0.15) is 22.4 Å². The Bertz CT molecular complexity index is 740. The number of nitriles is 1. The van der Waals surface area contributed by atoms with Crippen LogP contribution in [0.4, 0.5) is 5.82 Å². The van der Waals surface area contributed by atoms with Crippen molar-refractivity contribution in [1.29, 1.82) is 5.26 Å². The zero-order valence-corrected chi connectivity index (χ0v) is 14.6. The predicted molar refractivity (Wildman–Crippen MR) is 89.0 cm³/mol. The molecule has 0 fully saturated rings. The number of benzene rings is 1. The van der Waals surface area contributed by atoms with Crippen molar-refractivity contribution in [2.45, 2.75) is 20.4 Å². The Kier molecular flexibility index (Phi) is 4.99. The normalized spacial score (nSPS) is 10.2. The number of hydrogen-bond acceptors (Lipinski definition) is 5. The molecule has 1 aromatic carbocycles. The topological polar surface area (TPSA) is 62.0 Å². The first-order valence-corrected chi connectivity index (χ1v) is 7.54. The number of hydrogen-bond donors (Lipinski definition) is 0. The van der Waals surface area contributed by atoms with E-state index in [1.54, 1.807) is 7.11 Å². The smallest absolute Gasteiger partial charge is 0.169 e. The predicted octanol–water partition coefficient (Wildman–Crippen LogP) is 3.37. The summed E-state index contributed by atoms with van der Waals surface area (Å²) in [6.07, 6.45) is 0. The Morgan fingerprint density at radius 1 is 1.32 bits per heavy atom. The average Bonchev–Trinajstić information content (AvgIpc) is 2.50. The second kappa shape index (κ2) is 6.75. The molecule has 1 aromatic heterocycles. The van der Waals surface area contributed by atoms with Gasteiger partial charge in [0.25, 0.3) is 0 Å². The Morgan fingerprint density at radius 2 is 2.05 bits per heavy atom. The number of aromatic nitrogens is 2. The van der Waals surface area contributed by atoms with Crippen molar-refractivity contribution in [2.75, 3.05) is 19.1 Å². The monoisotopic (exact) mass is 360 g/mol. The molecule has 2 rings (SSSR count). The Hall–Kier alpha value is -2.13. The van der Waals surface area contributed by atoms with Gasteiger partial charge in [-0.1, -0.05) is 15.9 Å². The van der Waals surface area contributed by atoms with Crippen molar-refractivity contribution < 1.29 is 4.74 Å². The lowest BCUT2D eigenvalue weighted by molar-refractivity contribution is 0.409. The molecule has 0 amide bonds. The minimum Gasteiger partial charge on any atom is -0.496 e. The van der Waals surface area contributed by atoms with E-state index in [0.717, 1.165) is 27.0 Å². The van der Waals surface area contributed by atoms with Crippen molar-refractivity contribution in [1.82, 2.24) is 10.2 Å². The Morgan fingerprint density at radius 3 is 2.68 bits per heavy atom. The number of aryl methyl sites for hydroxylation is 1. The number of ether oxygens (including phenoxy) is 1. The molecule has 1 heterocycles. The average molecular weight is 361 g/mol. The summed E-state index contributed by atoms with van der Waals surface area (Å²) < 4.78 is 6.36. The first-order valence-electron chi connectivity index (χ1n) is 6.75. The van der Waals surface area contributed by atoms with Crippen LogP contribution in [0.15, 0.2) is 22.7 Å². The summed E-state index contributed by atoms with van der Waals surface area (Å²) >= 11 is 3.47. The van der Waals surface area contributed by atoms with E-state index in [-0.39, 0.29) is 0 Å². The van der Waals surface area contributed by atoms with Crippen molar-refractivity contribution in [3.8, 4) is 11.8 Å². The maximum absolute atomic E-state index is 9.41. The molecular formula is C16H17BrN4O. The number of methoxy groups -OCH3 is 1. The number of anilines is 1. The first kappa shape index (κ1) is 16.2. The van der Waals surface area contributed by atoms with Crippen LogP contribution in [0.25, 0.3) is 0 Å². The number of halogens is 1. The van der Waals surface area contributed by atoms with Crippen LogP contribution in [-0.4, -0.2) is 24.4 Å². The van der Waals surface area contributed by atoms with Crippen LogP contribution >= 0.6 is 15.9 Å². The van der Waals surface area contributed by atoms with Gasteiger partial charge < -0.3 is 9.64 Å². The molecule has 0 bridgehead atoms. The minimum atomic E-state index is 0.559. The summed E-state index contributed by atoms with van der Waals surface area (Å²) in [5, 5.41) is 17.7. The van der Waals surface area contributed by atoms with Gasteiger partial charge in [-0.15, -0.1) is 5.10 Å². The molecule has 114 valence electrons. The molecule has 0 N–H and O–H groups in total. The van der Waals surface area contributed by atoms with E-state index in [2.05, 4.69) is 32.2 Å². The van der Waals surface area contributed by atoms with Gasteiger partial charge >= 0.3 is 0 Å². The number of nitrogens with zero attached hydrogens (tertiary/aromatic N) is 4. The maximum Gasteiger partial charge on any atom is 0.169 e. The van der Waals surface area contributed by atoms with E-state index >= 15 is 0 Å². The largest absolute Gasteiger partial charge is 0.496 e. The highest BCUT2D eigenvalue weighted by Crippen LogP contribution is 2.27. The van der Waals surface area contributed by atoms with Crippen LogP contribution in [0, 0.1) is 25.2 Å². The fourth-order valence-electron chi connectivity index (χ4n) is 2.20. The molecule has 0 radical (unpaired) electrons. The zero-order valence-electron chi connectivity index (χ0n) is 13.0. The highest BCUT2D eigenvalue weighted by molar-refractivity contribution is 9.10. The molecule has 0 unspecified atom stereocenters. The molecule has 22 heavy (non-hydrogen) atoms. The molecule has 6 heteroatoms.